The molecule has 0 aromatic carbocycles. The normalized spacial score (nSPS) is 13.2. The summed E-state index contributed by atoms with van der Waals surface area (Å²) >= 11 is 1.75. The van der Waals surface area contributed by atoms with Crippen LogP contribution in [0.3, 0.4) is 0 Å². The highest BCUT2D eigenvalue weighted by Gasteiger charge is 2.03. The first-order chi connectivity index (χ1) is 5.57. The van der Waals surface area contributed by atoms with Crippen LogP contribution in [0.1, 0.15) is 6.92 Å². The van der Waals surface area contributed by atoms with E-state index < -0.39 is 5.97 Å². The summed E-state index contributed by atoms with van der Waals surface area (Å²) in [4.78, 5) is 12.1. The SMILES string of the molecule is CSCC(C)N(C)/C=C/C(=O)O. The van der Waals surface area contributed by atoms with Crippen LogP contribution in [0.5, 0.6) is 0 Å². The molecule has 0 fully saturated rings. The molecule has 1 N–H and O–H groups in total. The zero-order valence-electron chi connectivity index (χ0n) is 7.65. The molecule has 3 nitrogen and oxygen atoms in total. The van der Waals surface area contributed by atoms with Crippen molar-refractivity contribution in [1.82, 2.24) is 4.90 Å². The standard InChI is InChI=1S/C8H15NO2S/c1-7(6-12-3)9(2)5-4-8(10)11/h4-5,7H,6H2,1-3H3,(H,10,11)/b5-4+. The van der Waals surface area contributed by atoms with Gasteiger partial charge in [-0.25, -0.2) is 4.79 Å². The highest BCUT2D eigenvalue weighted by Crippen LogP contribution is 2.03. The molecule has 1 atom stereocenters. The van der Waals surface area contributed by atoms with E-state index in [0.717, 1.165) is 11.8 Å². The first-order valence-corrected chi connectivity index (χ1v) is 5.09. The molecule has 0 amide bonds. The molecular weight excluding hydrogens is 174 g/mol. The smallest absolute Gasteiger partial charge is 0.329 e. The first-order valence-electron chi connectivity index (χ1n) is 3.70. The van der Waals surface area contributed by atoms with Crippen LogP contribution in [0.25, 0.3) is 0 Å². The third-order valence-corrected chi connectivity index (χ3v) is 2.37. The maximum absolute atomic E-state index is 10.2. The second kappa shape index (κ2) is 5.94. The fourth-order valence-corrected chi connectivity index (χ4v) is 1.40. The van der Waals surface area contributed by atoms with Gasteiger partial charge in [0.25, 0.3) is 0 Å². The zero-order valence-corrected chi connectivity index (χ0v) is 8.47. The number of hydrogen-bond donors (Lipinski definition) is 1. The number of carboxylic acids is 1. The predicted octanol–water partition coefficient (Wildman–Crippen LogP) is 1.27. The van der Waals surface area contributed by atoms with Gasteiger partial charge < -0.3 is 10.0 Å². The summed E-state index contributed by atoms with van der Waals surface area (Å²) in [6.07, 6.45) is 4.77. The van der Waals surface area contributed by atoms with Gasteiger partial charge in [-0.05, 0) is 13.2 Å². The van der Waals surface area contributed by atoms with Gasteiger partial charge in [-0.15, -0.1) is 0 Å². The van der Waals surface area contributed by atoms with Gasteiger partial charge in [0.05, 0.1) is 0 Å². The number of aliphatic carboxylic acids is 1. The van der Waals surface area contributed by atoms with Crippen molar-refractivity contribution in [2.24, 2.45) is 0 Å². The molecule has 0 spiro atoms. The van der Waals surface area contributed by atoms with E-state index in [1.54, 1.807) is 18.0 Å². The molecule has 0 radical (unpaired) electrons. The predicted molar refractivity (Wildman–Crippen MR) is 52.4 cm³/mol. The van der Waals surface area contributed by atoms with Gasteiger partial charge in [-0.2, -0.15) is 11.8 Å². The summed E-state index contributed by atoms with van der Waals surface area (Å²) < 4.78 is 0. The second-order valence-electron chi connectivity index (χ2n) is 2.62. The van der Waals surface area contributed by atoms with Gasteiger partial charge in [0.15, 0.2) is 0 Å². The lowest BCUT2D eigenvalue weighted by Gasteiger charge is -2.21. The number of nitrogens with zero attached hydrogens (tertiary/aromatic N) is 1. The van der Waals surface area contributed by atoms with Gasteiger partial charge in [0.2, 0.25) is 0 Å². The molecule has 0 aliphatic rings. The summed E-state index contributed by atoms with van der Waals surface area (Å²) in [6.45, 7) is 2.06. The van der Waals surface area contributed by atoms with Gasteiger partial charge in [0.1, 0.15) is 0 Å². The van der Waals surface area contributed by atoms with E-state index in [1.807, 2.05) is 18.2 Å². The maximum Gasteiger partial charge on any atom is 0.329 e. The molecule has 70 valence electrons. The van der Waals surface area contributed by atoms with Gasteiger partial charge in [-0.3, -0.25) is 0 Å². The lowest BCUT2D eigenvalue weighted by molar-refractivity contribution is -0.131. The van der Waals surface area contributed by atoms with E-state index in [9.17, 15) is 4.79 Å². The maximum atomic E-state index is 10.2. The van der Waals surface area contributed by atoms with Crippen LogP contribution in [0, 0.1) is 0 Å². The molecule has 0 bridgehead atoms. The third kappa shape index (κ3) is 5.07. The van der Waals surface area contributed by atoms with Crippen molar-refractivity contribution in [3.8, 4) is 0 Å². The Morgan fingerprint density at radius 1 is 1.75 bits per heavy atom. The topological polar surface area (TPSA) is 40.5 Å². The Kier molecular flexibility index (Phi) is 5.62. The van der Waals surface area contributed by atoms with E-state index in [1.165, 1.54) is 0 Å². The average Bonchev–Trinajstić information content (AvgIpc) is 2.00. The van der Waals surface area contributed by atoms with Crippen molar-refractivity contribution < 1.29 is 9.90 Å². The van der Waals surface area contributed by atoms with Gasteiger partial charge in [0, 0.05) is 31.1 Å². The van der Waals surface area contributed by atoms with Crippen molar-refractivity contribution in [1.29, 1.82) is 0 Å². The quantitative estimate of drug-likeness (QED) is 0.661. The van der Waals surface area contributed by atoms with Crippen molar-refractivity contribution >= 4 is 17.7 Å². The minimum absolute atomic E-state index is 0.371. The van der Waals surface area contributed by atoms with Crippen LogP contribution in [0.2, 0.25) is 0 Å². The minimum atomic E-state index is -0.904. The molecule has 4 heteroatoms. The van der Waals surface area contributed by atoms with Crippen LogP contribution < -0.4 is 0 Å². The van der Waals surface area contributed by atoms with Crippen molar-refractivity contribution in [2.75, 3.05) is 19.1 Å². The van der Waals surface area contributed by atoms with E-state index in [4.69, 9.17) is 5.11 Å². The van der Waals surface area contributed by atoms with Crippen LogP contribution in [-0.2, 0) is 4.79 Å². The Morgan fingerprint density at radius 2 is 2.33 bits per heavy atom. The van der Waals surface area contributed by atoms with Crippen LogP contribution >= 0.6 is 11.8 Å². The Labute approximate surface area is 77.4 Å². The zero-order chi connectivity index (χ0) is 9.56. The van der Waals surface area contributed by atoms with Crippen molar-refractivity contribution in [3.05, 3.63) is 12.3 Å². The molecule has 0 saturated heterocycles. The highest BCUT2D eigenvalue weighted by atomic mass is 32.2. The fraction of sp³-hybridized carbons (Fsp3) is 0.625. The van der Waals surface area contributed by atoms with Crippen LogP contribution in [0.15, 0.2) is 12.3 Å². The summed E-state index contributed by atoms with van der Waals surface area (Å²) in [5, 5.41) is 8.36. The van der Waals surface area contributed by atoms with E-state index >= 15 is 0 Å². The van der Waals surface area contributed by atoms with Crippen LogP contribution in [0.4, 0.5) is 0 Å². The fourth-order valence-electron chi connectivity index (χ4n) is 0.687. The Hall–Kier alpha value is -0.640. The average molecular weight is 189 g/mol. The second-order valence-corrected chi connectivity index (χ2v) is 3.53. The molecule has 0 rings (SSSR count). The largest absolute Gasteiger partial charge is 0.478 e. The van der Waals surface area contributed by atoms with Crippen molar-refractivity contribution in [3.63, 3.8) is 0 Å². The number of carboxylic acid groups (broad SMARTS) is 1. The monoisotopic (exact) mass is 189 g/mol. The summed E-state index contributed by atoms with van der Waals surface area (Å²) in [5.41, 5.74) is 0. The molecule has 1 unspecified atom stereocenters. The summed E-state index contributed by atoms with van der Waals surface area (Å²) in [7, 11) is 1.88. The number of rotatable bonds is 5. The molecule has 0 heterocycles. The highest BCUT2D eigenvalue weighted by molar-refractivity contribution is 7.98. The Morgan fingerprint density at radius 3 is 2.75 bits per heavy atom. The van der Waals surface area contributed by atoms with E-state index in [0.29, 0.717) is 6.04 Å². The van der Waals surface area contributed by atoms with Crippen LogP contribution in [-0.4, -0.2) is 41.1 Å². The molecule has 0 aromatic heterocycles. The summed E-state index contributed by atoms with van der Waals surface area (Å²) in [6, 6.07) is 0.371. The third-order valence-electron chi connectivity index (χ3n) is 1.56. The molecule has 0 aliphatic carbocycles. The van der Waals surface area contributed by atoms with E-state index in [-0.39, 0.29) is 0 Å². The Bertz CT molecular complexity index is 170. The lowest BCUT2D eigenvalue weighted by atomic mass is 10.3. The molecule has 12 heavy (non-hydrogen) atoms. The number of thioether (sulfide) groups is 1. The minimum Gasteiger partial charge on any atom is -0.478 e. The lowest BCUT2D eigenvalue weighted by Crippen LogP contribution is -2.26. The molecule has 0 aromatic rings. The van der Waals surface area contributed by atoms with Gasteiger partial charge >= 0.3 is 5.97 Å². The molecule has 0 aliphatic heterocycles. The number of carbonyl (C=O) groups is 1. The summed E-state index contributed by atoms with van der Waals surface area (Å²) in [5.74, 6) is 0.0960. The first kappa shape index (κ1) is 11.4. The van der Waals surface area contributed by atoms with E-state index in [2.05, 4.69) is 6.92 Å². The molecule has 0 saturated carbocycles. The Balaban J connectivity index is 3.85. The molecular formula is C8H15NO2S. The van der Waals surface area contributed by atoms with Crippen molar-refractivity contribution in [2.45, 2.75) is 13.0 Å². The number of hydrogen-bond acceptors (Lipinski definition) is 3. The van der Waals surface area contributed by atoms with Gasteiger partial charge in [-0.1, -0.05) is 0 Å².